The molecule has 1 atom stereocenters. The number of rotatable bonds is 2. The number of nitrogens with zero attached hydrogens (tertiary/aromatic N) is 2. The van der Waals surface area contributed by atoms with Crippen molar-refractivity contribution in [3.8, 4) is 0 Å². The van der Waals surface area contributed by atoms with Crippen LogP contribution in [0.1, 0.15) is 12.1 Å². The zero-order valence-electron chi connectivity index (χ0n) is 8.10. The van der Waals surface area contributed by atoms with E-state index in [2.05, 4.69) is 9.97 Å². The first kappa shape index (κ1) is 10.3. The van der Waals surface area contributed by atoms with Gasteiger partial charge in [0.25, 0.3) is 0 Å². The van der Waals surface area contributed by atoms with Gasteiger partial charge in [0.2, 0.25) is 0 Å². The van der Waals surface area contributed by atoms with E-state index in [1.165, 1.54) is 6.33 Å². The van der Waals surface area contributed by atoms with E-state index in [-0.39, 0.29) is 12.5 Å². The second-order valence-electron chi connectivity index (χ2n) is 3.39. The van der Waals surface area contributed by atoms with E-state index in [0.29, 0.717) is 5.15 Å². The maximum absolute atomic E-state index is 9.24. The number of hydrogen-bond donors (Lipinski definition) is 1. The van der Waals surface area contributed by atoms with Crippen molar-refractivity contribution in [3.63, 3.8) is 0 Å². The topological polar surface area (TPSA) is 46.0 Å². The van der Waals surface area contributed by atoms with Gasteiger partial charge in [-0.25, -0.2) is 9.97 Å². The van der Waals surface area contributed by atoms with Gasteiger partial charge in [-0.1, -0.05) is 29.8 Å². The summed E-state index contributed by atoms with van der Waals surface area (Å²) in [7, 11) is 0. The minimum absolute atomic E-state index is 0.112. The Kier molecular flexibility index (Phi) is 3.14. The number of allylic oxidation sites excluding steroid dienone is 3. The highest BCUT2D eigenvalue weighted by Gasteiger charge is 2.17. The Morgan fingerprint density at radius 3 is 3.07 bits per heavy atom. The van der Waals surface area contributed by atoms with Crippen molar-refractivity contribution in [2.24, 2.45) is 5.92 Å². The average Bonchev–Trinajstić information content (AvgIpc) is 2.29. The molecule has 1 N–H and O–H groups in total. The third-order valence-corrected chi connectivity index (χ3v) is 2.63. The van der Waals surface area contributed by atoms with Crippen LogP contribution in [0, 0.1) is 5.92 Å². The average molecular weight is 223 g/mol. The summed E-state index contributed by atoms with van der Waals surface area (Å²) in [6.07, 6.45) is 8.24. The molecular weight excluding hydrogens is 212 g/mol. The summed E-state index contributed by atoms with van der Waals surface area (Å²) >= 11 is 5.80. The maximum Gasteiger partial charge on any atom is 0.133 e. The number of aliphatic hydroxyl groups excluding tert-OH is 1. The lowest BCUT2D eigenvalue weighted by atomic mass is 9.90. The molecular formula is C11H11ClN2O. The molecule has 0 spiro atoms. The van der Waals surface area contributed by atoms with Gasteiger partial charge >= 0.3 is 0 Å². The van der Waals surface area contributed by atoms with Crippen LogP contribution in [0.25, 0.3) is 5.57 Å². The normalized spacial score (nSPS) is 20.1. The van der Waals surface area contributed by atoms with Gasteiger partial charge in [-0.3, -0.25) is 0 Å². The van der Waals surface area contributed by atoms with Crippen molar-refractivity contribution < 1.29 is 5.11 Å². The summed E-state index contributed by atoms with van der Waals surface area (Å²) < 4.78 is 0. The highest BCUT2D eigenvalue weighted by atomic mass is 35.5. The predicted molar refractivity (Wildman–Crippen MR) is 59.4 cm³/mol. The lowest BCUT2D eigenvalue weighted by molar-refractivity contribution is 0.257. The van der Waals surface area contributed by atoms with E-state index in [9.17, 15) is 5.11 Å². The zero-order valence-corrected chi connectivity index (χ0v) is 8.85. The fourth-order valence-electron chi connectivity index (χ4n) is 1.64. The van der Waals surface area contributed by atoms with E-state index < -0.39 is 0 Å². The van der Waals surface area contributed by atoms with Crippen LogP contribution in [0.15, 0.2) is 30.6 Å². The predicted octanol–water partition coefficient (Wildman–Crippen LogP) is 2.08. The van der Waals surface area contributed by atoms with E-state index >= 15 is 0 Å². The summed E-state index contributed by atoms with van der Waals surface area (Å²) in [5.74, 6) is 0.112. The summed E-state index contributed by atoms with van der Waals surface area (Å²) in [6, 6.07) is 1.72. The van der Waals surface area contributed by atoms with Crippen molar-refractivity contribution >= 4 is 17.2 Å². The van der Waals surface area contributed by atoms with E-state index in [1.807, 2.05) is 18.2 Å². The Morgan fingerprint density at radius 2 is 2.33 bits per heavy atom. The van der Waals surface area contributed by atoms with Crippen LogP contribution in [0.3, 0.4) is 0 Å². The van der Waals surface area contributed by atoms with Gasteiger partial charge in [0.1, 0.15) is 11.5 Å². The van der Waals surface area contributed by atoms with E-state index in [0.717, 1.165) is 17.7 Å². The minimum Gasteiger partial charge on any atom is -0.396 e. The van der Waals surface area contributed by atoms with Gasteiger partial charge in [-0.15, -0.1) is 0 Å². The second kappa shape index (κ2) is 4.55. The molecule has 0 aliphatic heterocycles. The lowest BCUT2D eigenvalue weighted by Crippen LogP contribution is -2.10. The Balaban J connectivity index is 2.36. The van der Waals surface area contributed by atoms with Gasteiger partial charge in [0, 0.05) is 12.0 Å². The second-order valence-corrected chi connectivity index (χ2v) is 3.78. The van der Waals surface area contributed by atoms with Gasteiger partial charge in [0.15, 0.2) is 0 Å². The summed E-state index contributed by atoms with van der Waals surface area (Å²) in [4.78, 5) is 7.98. The third-order valence-electron chi connectivity index (χ3n) is 2.42. The number of aliphatic hydroxyl groups is 1. The number of halogens is 1. The largest absolute Gasteiger partial charge is 0.396 e. The molecule has 0 bridgehead atoms. The molecule has 15 heavy (non-hydrogen) atoms. The summed E-state index contributed by atoms with van der Waals surface area (Å²) in [5.41, 5.74) is 1.81. The minimum atomic E-state index is 0.112. The molecule has 3 nitrogen and oxygen atoms in total. The molecule has 1 aliphatic rings. The van der Waals surface area contributed by atoms with Crippen LogP contribution in [-0.4, -0.2) is 21.7 Å². The fraction of sp³-hybridized carbons (Fsp3) is 0.273. The van der Waals surface area contributed by atoms with E-state index in [1.54, 1.807) is 6.07 Å². The molecule has 0 amide bonds. The molecule has 1 aromatic heterocycles. The highest BCUT2D eigenvalue weighted by Crippen LogP contribution is 2.28. The molecule has 78 valence electrons. The molecule has 0 radical (unpaired) electrons. The van der Waals surface area contributed by atoms with Gasteiger partial charge in [-0.2, -0.15) is 0 Å². The maximum atomic E-state index is 9.24. The smallest absolute Gasteiger partial charge is 0.133 e. The van der Waals surface area contributed by atoms with Crippen molar-refractivity contribution in [1.29, 1.82) is 0 Å². The SMILES string of the molecule is OCC1CC=CC=C1c1cc(Cl)ncn1. The third kappa shape index (κ3) is 2.25. The van der Waals surface area contributed by atoms with Crippen LogP contribution in [0.4, 0.5) is 0 Å². The molecule has 1 heterocycles. The first-order chi connectivity index (χ1) is 7.31. The molecule has 2 rings (SSSR count). The molecule has 4 heteroatoms. The first-order valence-corrected chi connectivity index (χ1v) is 5.14. The summed E-state index contributed by atoms with van der Waals surface area (Å²) in [5, 5.41) is 9.66. The lowest BCUT2D eigenvalue weighted by Gasteiger charge is -2.18. The van der Waals surface area contributed by atoms with Crippen LogP contribution < -0.4 is 0 Å². The van der Waals surface area contributed by atoms with Crippen LogP contribution in [-0.2, 0) is 0 Å². The Bertz CT molecular complexity index is 415. The molecule has 0 aromatic carbocycles. The van der Waals surface area contributed by atoms with Crippen molar-refractivity contribution in [1.82, 2.24) is 9.97 Å². The van der Waals surface area contributed by atoms with Crippen LogP contribution in [0.2, 0.25) is 5.15 Å². The van der Waals surface area contributed by atoms with Crippen LogP contribution >= 0.6 is 11.6 Å². The van der Waals surface area contributed by atoms with Crippen molar-refractivity contribution in [2.75, 3.05) is 6.61 Å². The highest BCUT2D eigenvalue weighted by molar-refractivity contribution is 6.29. The van der Waals surface area contributed by atoms with Gasteiger partial charge in [0.05, 0.1) is 12.3 Å². The summed E-state index contributed by atoms with van der Waals surface area (Å²) in [6.45, 7) is 0.123. The monoisotopic (exact) mass is 222 g/mol. The Hall–Kier alpha value is -1.19. The quantitative estimate of drug-likeness (QED) is 0.780. The van der Waals surface area contributed by atoms with E-state index in [4.69, 9.17) is 11.6 Å². The van der Waals surface area contributed by atoms with Crippen molar-refractivity contribution in [3.05, 3.63) is 41.5 Å². The number of aromatic nitrogens is 2. The van der Waals surface area contributed by atoms with Crippen LogP contribution in [0.5, 0.6) is 0 Å². The molecule has 0 saturated carbocycles. The first-order valence-electron chi connectivity index (χ1n) is 4.76. The van der Waals surface area contributed by atoms with Crippen molar-refractivity contribution in [2.45, 2.75) is 6.42 Å². The molecule has 0 fully saturated rings. The Morgan fingerprint density at radius 1 is 1.47 bits per heavy atom. The fourth-order valence-corrected chi connectivity index (χ4v) is 1.78. The Labute approximate surface area is 93.1 Å². The molecule has 1 aromatic rings. The molecule has 1 aliphatic carbocycles. The zero-order chi connectivity index (χ0) is 10.7. The van der Waals surface area contributed by atoms with Gasteiger partial charge in [-0.05, 0) is 12.0 Å². The molecule has 1 unspecified atom stereocenters. The number of hydrogen-bond acceptors (Lipinski definition) is 3. The standard InChI is InChI=1S/C11H11ClN2O/c12-11-5-10(13-7-14-11)9-4-2-1-3-8(9)6-15/h1-2,4-5,7-8,15H,3,6H2. The molecule has 0 saturated heterocycles. The van der Waals surface area contributed by atoms with Gasteiger partial charge < -0.3 is 5.11 Å².